The molecule has 136 valence electrons. The second-order valence-electron chi connectivity index (χ2n) is 6.20. The van der Waals surface area contributed by atoms with Crippen molar-refractivity contribution in [2.75, 3.05) is 7.11 Å². The summed E-state index contributed by atoms with van der Waals surface area (Å²) in [5.41, 5.74) is 3.85. The van der Waals surface area contributed by atoms with Gasteiger partial charge in [-0.25, -0.2) is 9.78 Å². The first-order valence-electron chi connectivity index (χ1n) is 8.51. The largest absolute Gasteiger partial charge is 0.465 e. The number of ether oxygens (including phenoxy) is 1. The Kier molecular flexibility index (Phi) is 4.12. The number of methoxy groups -OCH3 is 1. The fraction of sp³-hybridized carbons (Fsp3) is 0.150. The Hall–Kier alpha value is -3.61. The number of carbonyl (C=O) groups is 1. The molecule has 0 unspecified atom stereocenters. The van der Waals surface area contributed by atoms with Gasteiger partial charge in [0.1, 0.15) is 5.52 Å². The molecule has 0 aliphatic rings. The summed E-state index contributed by atoms with van der Waals surface area (Å²) in [7, 11) is 1.35. The minimum Gasteiger partial charge on any atom is -0.465 e. The lowest BCUT2D eigenvalue weighted by Crippen LogP contribution is -2.20. The number of hydrogen-bond donors (Lipinski definition) is 2. The van der Waals surface area contributed by atoms with Crippen LogP contribution >= 0.6 is 0 Å². The molecule has 3 aromatic heterocycles. The van der Waals surface area contributed by atoms with Gasteiger partial charge in [0, 0.05) is 35.5 Å². The van der Waals surface area contributed by atoms with Crippen LogP contribution in [0, 0.1) is 0 Å². The highest BCUT2D eigenvalue weighted by atomic mass is 16.5. The number of esters is 1. The van der Waals surface area contributed by atoms with E-state index < -0.39 is 5.97 Å². The number of nitrogens with one attached hydrogen (secondary N) is 2. The molecule has 0 bridgehead atoms. The van der Waals surface area contributed by atoms with Crippen LogP contribution in [-0.4, -0.2) is 32.6 Å². The van der Waals surface area contributed by atoms with Crippen LogP contribution in [0.3, 0.4) is 0 Å². The first kappa shape index (κ1) is 16.8. The van der Waals surface area contributed by atoms with Crippen LogP contribution in [0.5, 0.6) is 0 Å². The van der Waals surface area contributed by atoms with E-state index in [1.54, 1.807) is 35.3 Å². The molecule has 27 heavy (non-hydrogen) atoms. The lowest BCUT2D eigenvalue weighted by Gasteiger charge is -2.11. The van der Waals surface area contributed by atoms with E-state index in [9.17, 15) is 9.59 Å². The molecule has 0 spiro atoms. The molecular formula is C20H18N4O3. The van der Waals surface area contributed by atoms with E-state index in [0.717, 1.165) is 27.5 Å². The summed E-state index contributed by atoms with van der Waals surface area (Å²) in [6.07, 6.45) is 7.57. The average Bonchev–Trinajstić information content (AvgIpc) is 3.35. The minimum absolute atomic E-state index is 0.0944. The van der Waals surface area contributed by atoms with E-state index in [2.05, 4.69) is 21.5 Å². The number of carbonyl (C=O) groups excluding carboxylic acids is 1. The number of fused-ring (bicyclic) bond motifs is 2. The summed E-state index contributed by atoms with van der Waals surface area (Å²) in [4.78, 5) is 35.3. The van der Waals surface area contributed by atoms with Gasteiger partial charge in [-0.3, -0.25) is 4.79 Å². The molecule has 1 aromatic carbocycles. The summed E-state index contributed by atoms with van der Waals surface area (Å²) in [6, 6.07) is 5.31. The molecule has 0 radical (unpaired) electrons. The maximum Gasteiger partial charge on any atom is 0.337 e. The Bertz CT molecular complexity index is 1230. The molecule has 7 heteroatoms. The fourth-order valence-corrected chi connectivity index (χ4v) is 3.30. The summed E-state index contributed by atoms with van der Waals surface area (Å²) in [5.74, 6) is -0.432. The molecule has 7 nitrogen and oxygen atoms in total. The summed E-state index contributed by atoms with van der Waals surface area (Å²) in [6.45, 7) is 4.24. The number of nitrogens with zero attached hydrogens (tertiary/aromatic N) is 2. The van der Waals surface area contributed by atoms with Crippen molar-refractivity contribution in [3.8, 4) is 11.1 Å². The average molecular weight is 362 g/mol. The Morgan fingerprint density at radius 3 is 2.96 bits per heavy atom. The van der Waals surface area contributed by atoms with Crippen molar-refractivity contribution in [3.63, 3.8) is 0 Å². The molecule has 4 rings (SSSR count). The van der Waals surface area contributed by atoms with E-state index in [0.29, 0.717) is 24.0 Å². The number of allylic oxidation sites excluding steroid dienone is 1. The van der Waals surface area contributed by atoms with Crippen LogP contribution in [0.15, 0.2) is 54.4 Å². The predicted octanol–water partition coefficient (Wildman–Crippen LogP) is 3.24. The van der Waals surface area contributed by atoms with Crippen LogP contribution in [0.4, 0.5) is 0 Å². The smallest absolute Gasteiger partial charge is 0.337 e. The van der Waals surface area contributed by atoms with Crippen molar-refractivity contribution in [2.45, 2.75) is 13.0 Å². The summed E-state index contributed by atoms with van der Waals surface area (Å²) < 4.78 is 6.53. The Labute approximate surface area is 154 Å². The van der Waals surface area contributed by atoms with Gasteiger partial charge in [-0.15, -0.1) is 6.58 Å². The first-order chi connectivity index (χ1) is 13.1. The Morgan fingerprint density at radius 1 is 1.33 bits per heavy atom. The van der Waals surface area contributed by atoms with Gasteiger partial charge in [-0.2, -0.15) is 0 Å². The first-order valence-corrected chi connectivity index (χ1v) is 8.51. The maximum atomic E-state index is 12.7. The molecule has 2 N–H and O–H groups in total. The normalized spacial score (nSPS) is 11.1. The van der Waals surface area contributed by atoms with Gasteiger partial charge in [0.05, 0.1) is 30.0 Å². The minimum atomic E-state index is -0.432. The summed E-state index contributed by atoms with van der Waals surface area (Å²) >= 11 is 0. The predicted molar refractivity (Wildman–Crippen MR) is 104 cm³/mol. The number of benzene rings is 1. The van der Waals surface area contributed by atoms with Crippen molar-refractivity contribution in [1.82, 2.24) is 19.5 Å². The topological polar surface area (TPSA) is 92.8 Å². The van der Waals surface area contributed by atoms with E-state index in [1.165, 1.54) is 7.11 Å². The third-order valence-corrected chi connectivity index (χ3v) is 4.61. The number of H-pyrrole nitrogens is 2. The number of aryl methyl sites for hydroxylation is 1. The molecule has 0 fully saturated rings. The molecule has 4 aromatic rings. The summed E-state index contributed by atoms with van der Waals surface area (Å²) in [5, 5.41) is 0.779. The molecule has 0 aliphatic heterocycles. The quantitative estimate of drug-likeness (QED) is 0.421. The van der Waals surface area contributed by atoms with Crippen molar-refractivity contribution in [2.24, 2.45) is 0 Å². The highest BCUT2D eigenvalue weighted by molar-refractivity contribution is 6.05. The van der Waals surface area contributed by atoms with Crippen molar-refractivity contribution < 1.29 is 9.53 Å². The number of aromatic amines is 2. The van der Waals surface area contributed by atoms with Gasteiger partial charge in [0.25, 0.3) is 5.56 Å². The van der Waals surface area contributed by atoms with Gasteiger partial charge in [-0.1, -0.05) is 6.08 Å². The molecule has 0 saturated heterocycles. The van der Waals surface area contributed by atoms with Crippen molar-refractivity contribution >= 4 is 27.9 Å². The zero-order valence-electron chi connectivity index (χ0n) is 14.8. The van der Waals surface area contributed by atoms with Gasteiger partial charge in [0.15, 0.2) is 0 Å². The van der Waals surface area contributed by atoms with Crippen LogP contribution in [0.25, 0.3) is 33.1 Å². The second-order valence-corrected chi connectivity index (χ2v) is 6.20. The van der Waals surface area contributed by atoms with Crippen LogP contribution < -0.4 is 5.56 Å². The van der Waals surface area contributed by atoms with Gasteiger partial charge in [0.2, 0.25) is 0 Å². The molecule has 3 heterocycles. The standard InChI is InChI=1S/C20H18N4O3/c1-3-4-7-24-10-15(13-5-6-21-18(13)19(24)25)14-8-12(20(26)27-2)9-16-17(14)23-11-22-16/h3,5-6,8-11,21H,1,4,7H2,2H3,(H,22,23). The van der Waals surface area contributed by atoms with Crippen LogP contribution in [-0.2, 0) is 11.3 Å². The van der Waals surface area contributed by atoms with Crippen LogP contribution in [0.2, 0.25) is 0 Å². The third kappa shape index (κ3) is 2.73. The zero-order chi connectivity index (χ0) is 19.0. The van der Waals surface area contributed by atoms with Gasteiger partial charge >= 0.3 is 5.97 Å². The van der Waals surface area contributed by atoms with Crippen LogP contribution in [0.1, 0.15) is 16.8 Å². The van der Waals surface area contributed by atoms with Gasteiger partial charge < -0.3 is 19.3 Å². The number of hydrogen-bond acceptors (Lipinski definition) is 4. The number of pyridine rings is 1. The van der Waals surface area contributed by atoms with Crippen molar-refractivity contribution in [1.29, 1.82) is 0 Å². The van der Waals surface area contributed by atoms with Crippen molar-refractivity contribution in [3.05, 3.63) is 65.5 Å². The highest BCUT2D eigenvalue weighted by Crippen LogP contribution is 2.32. The molecule has 0 aliphatic carbocycles. The molecule has 0 saturated carbocycles. The SMILES string of the molecule is C=CCCn1cc(-c2cc(C(=O)OC)cc3[nH]cnc23)c2cc[nH]c2c1=O. The Morgan fingerprint density at radius 2 is 2.19 bits per heavy atom. The Balaban J connectivity index is 2.04. The second kappa shape index (κ2) is 6.60. The molecule has 0 amide bonds. The lowest BCUT2D eigenvalue weighted by atomic mass is 9.99. The van der Waals surface area contributed by atoms with E-state index in [1.807, 2.05) is 12.3 Å². The fourth-order valence-electron chi connectivity index (χ4n) is 3.30. The van der Waals surface area contributed by atoms with E-state index >= 15 is 0 Å². The number of aromatic nitrogens is 4. The monoisotopic (exact) mass is 362 g/mol. The maximum absolute atomic E-state index is 12.7. The van der Waals surface area contributed by atoms with Gasteiger partial charge in [-0.05, 0) is 24.6 Å². The zero-order valence-corrected chi connectivity index (χ0v) is 14.8. The third-order valence-electron chi connectivity index (χ3n) is 4.61. The molecular weight excluding hydrogens is 344 g/mol. The van der Waals surface area contributed by atoms with E-state index in [4.69, 9.17) is 4.74 Å². The highest BCUT2D eigenvalue weighted by Gasteiger charge is 2.18. The number of rotatable bonds is 5. The lowest BCUT2D eigenvalue weighted by molar-refractivity contribution is 0.0601. The number of imidazole rings is 1. The van der Waals surface area contributed by atoms with E-state index in [-0.39, 0.29) is 5.56 Å². The molecule has 0 atom stereocenters.